The van der Waals surface area contributed by atoms with Gasteiger partial charge >= 0.3 is 6.36 Å². The first-order valence-electron chi connectivity index (χ1n) is 8.77. The lowest BCUT2D eigenvalue weighted by Gasteiger charge is -2.16. The van der Waals surface area contributed by atoms with Crippen molar-refractivity contribution in [3.63, 3.8) is 0 Å². The van der Waals surface area contributed by atoms with Crippen LogP contribution in [0.2, 0.25) is 0 Å². The lowest BCUT2D eigenvalue weighted by Crippen LogP contribution is -2.29. The zero-order chi connectivity index (χ0) is 21.6. The first-order valence-corrected chi connectivity index (χ1v) is 8.77. The molecule has 7 nitrogen and oxygen atoms in total. The summed E-state index contributed by atoms with van der Waals surface area (Å²) in [5.41, 5.74) is 8.72. The molecule has 5 N–H and O–H groups in total. The monoisotopic (exact) mass is 416 g/mol. The average Bonchev–Trinajstić information content (AvgIpc) is 2.69. The minimum atomic E-state index is -4.74. The summed E-state index contributed by atoms with van der Waals surface area (Å²) in [4.78, 5) is 4.02. The molecule has 0 bridgehead atoms. The molecule has 1 aromatic heterocycles. The smallest absolute Gasteiger partial charge is 0.406 e. The number of halogens is 3. The summed E-state index contributed by atoms with van der Waals surface area (Å²) >= 11 is 0. The molecule has 10 heteroatoms. The lowest BCUT2D eigenvalue weighted by atomic mass is 10.1. The molecule has 3 rings (SSSR count). The summed E-state index contributed by atoms with van der Waals surface area (Å²) in [5.74, 6) is 5.78. The van der Waals surface area contributed by atoms with Crippen LogP contribution in [-0.4, -0.2) is 22.3 Å². The molecule has 30 heavy (non-hydrogen) atoms. The van der Waals surface area contributed by atoms with Crippen molar-refractivity contribution in [1.82, 2.24) is 10.1 Å². The number of hydrazone groups is 1. The van der Waals surface area contributed by atoms with Crippen molar-refractivity contribution in [2.24, 2.45) is 16.7 Å². The minimum absolute atomic E-state index is 0.168. The molecule has 156 valence electrons. The van der Waals surface area contributed by atoms with Gasteiger partial charge in [-0.25, -0.2) is 11.0 Å². The Kier molecular flexibility index (Phi) is 6.38. The second-order valence-electron chi connectivity index (χ2n) is 6.19. The first kappa shape index (κ1) is 20.9. The van der Waals surface area contributed by atoms with E-state index in [4.69, 9.17) is 11.6 Å². The second-order valence-corrected chi connectivity index (χ2v) is 6.19. The van der Waals surface area contributed by atoms with Crippen LogP contribution in [0.5, 0.6) is 5.75 Å². The maximum atomic E-state index is 12.3. The van der Waals surface area contributed by atoms with Gasteiger partial charge in [-0.15, -0.1) is 18.3 Å². The van der Waals surface area contributed by atoms with E-state index in [2.05, 4.69) is 20.1 Å². The summed E-state index contributed by atoms with van der Waals surface area (Å²) in [5, 5.41) is 8.49. The average molecular weight is 416 g/mol. The van der Waals surface area contributed by atoms with Crippen molar-refractivity contribution in [1.29, 1.82) is 0 Å². The topological polar surface area (TPSA) is 102 Å². The summed E-state index contributed by atoms with van der Waals surface area (Å²) < 4.78 is 40.7. The number of nitrogens with one attached hydrogen (secondary N) is 1. The molecule has 0 aliphatic heterocycles. The van der Waals surface area contributed by atoms with Crippen molar-refractivity contribution in [2.45, 2.75) is 12.9 Å². The number of aromatic nitrogens is 1. The van der Waals surface area contributed by atoms with Gasteiger partial charge in [0.25, 0.3) is 0 Å². The fourth-order valence-corrected chi connectivity index (χ4v) is 2.62. The van der Waals surface area contributed by atoms with E-state index in [1.165, 1.54) is 29.4 Å². The van der Waals surface area contributed by atoms with E-state index in [-0.39, 0.29) is 11.6 Å². The van der Waals surface area contributed by atoms with Crippen LogP contribution < -0.4 is 21.6 Å². The van der Waals surface area contributed by atoms with Gasteiger partial charge in [0.1, 0.15) is 5.75 Å². The molecule has 0 aliphatic rings. The van der Waals surface area contributed by atoms with Crippen molar-refractivity contribution in [3.05, 3.63) is 84.2 Å². The van der Waals surface area contributed by atoms with Crippen LogP contribution >= 0.6 is 0 Å². The Morgan fingerprint density at radius 2 is 1.80 bits per heavy atom. The molecule has 0 aliphatic carbocycles. The van der Waals surface area contributed by atoms with Crippen LogP contribution in [0.4, 0.5) is 24.5 Å². The molecule has 2 aromatic carbocycles. The number of benzene rings is 2. The Morgan fingerprint density at radius 1 is 1.07 bits per heavy atom. The van der Waals surface area contributed by atoms with Crippen LogP contribution in [0.1, 0.15) is 11.1 Å². The zero-order valence-electron chi connectivity index (χ0n) is 15.7. The Morgan fingerprint density at radius 3 is 2.47 bits per heavy atom. The molecule has 0 amide bonds. The standard InChI is InChI=1S/C20H19F3N6O/c21-20(22,23)30-16-9-7-15(8-10-16)27-18-6-2-1-5-17(18)19(24)28-29(25)13-14-4-3-11-26-12-14/h1-12,27H,13,25H2,(H2,24,28). The van der Waals surface area contributed by atoms with Gasteiger partial charge in [0.15, 0.2) is 5.84 Å². The number of anilines is 2. The molecular weight excluding hydrogens is 397 g/mol. The predicted octanol–water partition coefficient (Wildman–Crippen LogP) is 3.72. The summed E-state index contributed by atoms with van der Waals surface area (Å²) in [6.07, 6.45) is -1.41. The van der Waals surface area contributed by atoms with Crippen molar-refractivity contribution in [3.8, 4) is 5.75 Å². The van der Waals surface area contributed by atoms with Crippen LogP contribution in [0.15, 0.2) is 78.2 Å². The van der Waals surface area contributed by atoms with Crippen LogP contribution in [0, 0.1) is 0 Å². The van der Waals surface area contributed by atoms with Crippen molar-refractivity contribution >= 4 is 17.2 Å². The number of para-hydroxylation sites is 1. The van der Waals surface area contributed by atoms with E-state index >= 15 is 0 Å². The van der Waals surface area contributed by atoms with Gasteiger partial charge in [0, 0.05) is 29.3 Å². The number of hydrogen-bond acceptors (Lipinski definition) is 6. The van der Waals surface area contributed by atoms with Gasteiger partial charge in [0.05, 0.1) is 6.54 Å². The van der Waals surface area contributed by atoms with Gasteiger partial charge in [-0.3, -0.25) is 4.98 Å². The number of pyridine rings is 1. The van der Waals surface area contributed by atoms with E-state index in [1.54, 1.807) is 42.7 Å². The highest BCUT2D eigenvalue weighted by Crippen LogP contribution is 2.26. The fourth-order valence-electron chi connectivity index (χ4n) is 2.62. The number of nitrogens with zero attached hydrogens (tertiary/aromatic N) is 3. The maximum absolute atomic E-state index is 12.3. The van der Waals surface area contributed by atoms with Gasteiger partial charge in [-0.2, -0.15) is 0 Å². The molecule has 0 saturated heterocycles. The summed E-state index contributed by atoms with van der Waals surface area (Å²) in [7, 11) is 0. The Hall–Kier alpha value is -3.79. The number of hydrogen-bond donors (Lipinski definition) is 3. The van der Waals surface area contributed by atoms with E-state index in [0.717, 1.165) is 5.56 Å². The SMILES string of the molecule is N/C(=N\N(N)Cc1cccnc1)c1ccccc1Nc1ccc(OC(F)(F)F)cc1. The number of nitrogens with two attached hydrogens (primary N) is 2. The number of rotatable bonds is 7. The molecule has 0 spiro atoms. The van der Waals surface area contributed by atoms with E-state index in [0.29, 0.717) is 23.5 Å². The maximum Gasteiger partial charge on any atom is 0.573 e. The third-order valence-electron chi connectivity index (χ3n) is 3.87. The molecule has 0 fully saturated rings. The molecular formula is C20H19F3N6O. The zero-order valence-corrected chi connectivity index (χ0v) is 15.7. The summed E-state index contributed by atoms with van der Waals surface area (Å²) in [6, 6.07) is 16.1. The van der Waals surface area contributed by atoms with Gasteiger partial charge in [-0.1, -0.05) is 18.2 Å². The molecule has 0 saturated carbocycles. The highest BCUT2D eigenvalue weighted by Gasteiger charge is 2.30. The van der Waals surface area contributed by atoms with E-state index in [9.17, 15) is 13.2 Å². The van der Waals surface area contributed by atoms with Crippen molar-refractivity contribution in [2.75, 3.05) is 5.32 Å². The molecule has 3 aromatic rings. The third kappa shape index (κ3) is 6.11. The molecule has 0 unspecified atom stereocenters. The number of hydrazine groups is 1. The largest absolute Gasteiger partial charge is 0.573 e. The number of alkyl halides is 3. The molecule has 0 atom stereocenters. The van der Waals surface area contributed by atoms with E-state index < -0.39 is 6.36 Å². The van der Waals surface area contributed by atoms with Gasteiger partial charge in [-0.05, 0) is 48.0 Å². The Labute approximate surface area is 170 Å². The quantitative estimate of drug-likeness (QED) is 0.235. The molecule has 0 radical (unpaired) electrons. The van der Waals surface area contributed by atoms with Gasteiger partial charge < -0.3 is 15.8 Å². The highest BCUT2D eigenvalue weighted by molar-refractivity contribution is 6.02. The normalized spacial score (nSPS) is 11.8. The van der Waals surface area contributed by atoms with Crippen LogP contribution in [-0.2, 0) is 6.54 Å². The first-order chi connectivity index (χ1) is 14.3. The second kappa shape index (κ2) is 9.14. The Bertz CT molecular complexity index is 993. The van der Waals surface area contributed by atoms with Crippen LogP contribution in [0.3, 0.4) is 0 Å². The van der Waals surface area contributed by atoms with Gasteiger partial charge in [0.2, 0.25) is 0 Å². The van der Waals surface area contributed by atoms with E-state index in [1.807, 2.05) is 6.07 Å². The third-order valence-corrected chi connectivity index (χ3v) is 3.87. The summed E-state index contributed by atoms with van der Waals surface area (Å²) in [6.45, 7) is 0.310. The number of ether oxygens (including phenoxy) is 1. The molecule has 1 heterocycles. The lowest BCUT2D eigenvalue weighted by molar-refractivity contribution is -0.274. The fraction of sp³-hybridized carbons (Fsp3) is 0.100. The Balaban J connectivity index is 1.73. The highest BCUT2D eigenvalue weighted by atomic mass is 19.4. The van der Waals surface area contributed by atoms with Crippen LogP contribution in [0.25, 0.3) is 0 Å². The number of amidine groups is 1. The predicted molar refractivity (Wildman–Crippen MR) is 108 cm³/mol. The van der Waals surface area contributed by atoms with Crippen molar-refractivity contribution < 1.29 is 17.9 Å². The minimum Gasteiger partial charge on any atom is -0.406 e.